The molecule has 1 aromatic carbocycles. The van der Waals surface area contributed by atoms with Crippen molar-refractivity contribution in [1.82, 2.24) is 5.32 Å². The van der Waals surface area contributed by atoms with Gasteiger partial charge in [-0.15, -0.1) is 0 Å². The Bertz CT molecular complexity index is 396. The molecule has 100 valence electrons. The Morgan fingerprint density at radius 2 is 2.06 bits per heavy atom. The molecule has 0 saturated carbocycles. The molecule has 18 heavy (non-hydrogen) atoms. The average Bonchev–Trinajstić information content (AvgIpc) is 2.30. The lowest BCUT2D eigenvalue weighted by Crippen LogP contribution is -2.41. The Morgan fingerprint density at radius 3 is 2.61 bits per heavy atom. The molecule has 2 amide bonds. The van der Waals surface area contributed by atoms with Crippen LogP contribution in [0.4, 0.5) is 10.5 Å². The second-order valence-electron chi connectivity index (χ2n) is 4.59. The zero-order valence-electron chi connectivity index (χ0n) is 10.6. The Kier molecular flexibility index (Phi) is 5.95. The molecule has 0 bridgehead atoms. The summed E-state index contributed by atoms with van der Waals surface area (Å²) in [6.45, 7) is 4.00. The van der Waals surface area contributed by atoms with Crippen LogP contribution in [-0.4, -0.2) is 23.8 Å². The summed E-state index contributed by atoms with van der Waals surface area (Å²) < 4.78 is 0. The van der Waals surface area contributed by atoms with Crippen molar-refractivity contribution in [3.63, 3.8) is 0 Å². The van der Waals surface area contributed by atoms with E-state index in [9.17, 15) is 9.90 Å². The molecule has 0 aliphatic carbocycles. The van der Waals surface area contributed by atoms with E-state index < -0.39 is 0 Å². The molecule has 0 radical (unpaired) electrons. The van der Waals surface area contributed by atoms with Crippen LogP contribution in [-0.2, 0) is 0 Å². The van der Waals surface area contributed by atoms with E-state index in [-0.39, 0.29) is 18.7 Å². The molecule has 0 spiro atoms. The van der Waals surface area contributed by atoms with E-state index in [0.29, 0.717) is 16.6 Å². The lowest BCUT2D eigenvalue weighted by Gasteiger charge is -2.18. The number of hydrogen-bond donors (Lipinski definition) is 3. The maximum absolute atomic E-state index is 11.7. The average molecular weight is 271 g/mol. The zero-order valence-corrected chi connectivity index (χ0v) is 11.4. The van der Waals surface area contributed by atoms with Crippen molar-refractivity contribution in [3.8, 4) is 0 Å². The normalized spacial score (nSPS) is 12.3. The molecule has 5 heteroatoms. The van der Waals surface area contributed by atoms with E-state index in [0.717, 1.165) is 6.42 Å². The number of amides is 2. The van der Waals surface area contributed by atoms with Gasteiger partial charge < -0.3 is 15.7 Å². The van der Waals surface area contributed by atoms with Gasteiger partial charge in [-0.1, -0.05) is 37.6 Å². The van der Waals surface area contributed by atoms with Crippen molar-refractivity contribution in [2.45, 2.75) is 26.3 Å². The fourth-order valence-corrected chi connectivity index (χ4v) is 1.84. The zero-order chi connectivity index (χ0) is 13.5. The van der Waals surface area contributed by atoms with Gasteiger partial charge in [-0.05, 0) is 24.5 Å². The molecule has 0 aliphatic heterocycles. The monoisotopic (exact) mass is 270 g/mol. The maximum atomic E-state index is 11.7. The van der Waals surface area contributed by atoms with Gasteiger partial charge in [-0.2, -0.15) is 0 Å². The third-order valence-electron chi connectivity index (χ3n) is 2.43. The van der Waals surface area contributed by atoms with Crippen LogP contribution in [0.25, 0.3) is 0 Å². The van der Waals surface area contributed by atoms with Crippen LogP contribution in [0.5, 0.6) is 0 Å². The van der Waals surface area contributed by atoms with Crippen LogP contribution in [0, 0.1) is 5.92 Å². The van der Waals surface area contributed by atoms with E-state index >= 15 is 0 Å². The number of rotatable bonds is 5. The van der Waals surface area contributed by atoms with Crippen LogP contribution >= 0.6 is 11.6 Å². The maximum Gasteiger partial charge on any atom is 0.319 e. The predicted octanol–water partition coefficient (Wildman–Crippen LogP) is 2.87. The summed E-state index contributed by atoms with van der Waals surface area (Å²) in [6.07, 6.45) is 0.729. The van der Waals surface area contributed by atoms with Gasteiger partial charge in [0.1, 0.15) is 0 Å². The molecule has 1 unspecified atom stereocenters. The number of urea groups is 1. The van der Waals surface area contributed by atoms with Crippen molar-refractivity contribution in [1.29, 1.82) is 0 Å². The highest BCUT2D eigenvalue weighted by Gasteiger charge is 2.13. The van der Waals surface area contributed by atoms with Gasteiger partial charge in [-0.3, -0.25) is 0 Å². The molecular weight excluding hydrogens is 252 g/mol. The van der Waals surface area contributed by atoms with Crippen LogP contribution in [0.2, 0.25) is 5.02 Å². The number of carbonyl (C=O) groups is 1. The van der Waals surface area contributed by atoms with Gasteiger partial charge in [0.05, 0.1) is 23.4 Å². The minimum absolute atomic E-state index is 0.0753. The van der Waals surface area contributed by atoms with Gasteiger partial charge in [0.25, 0.3) is 0 Å². The number of hydrogen-bond acceptors (Lipinski definition) is 2. The van der Waals surface area contributed by atoms with Crippen molar-refractivity contribution in [3.05, 3.63) is 29.3 Å². The van der Waals surface area contributed by atoms with Crippen molar-refractivity contribution < 1.29 is 9.90 Å². The molecule has 1 atom stereocenters. The highest BCUT2D eigenvalue weighted by Crippen LogP contribution is 2.20. The first-order valence-corrected chi connectivity index (χ1v) is 6.33. The molecule has 0 heterocycles. The Hall–Kier alpha value is -1.26. The summed E-state index contributed by atoms with van der Waals surface area (Å²) in [5.41, 5.74) is 0.554. The summed E-state index contributed by atoms with van der Waals surface area (Å²) in [6, 6.07) is 6.41. The molecule has 0 fully saturated rings. The molecule has 0 saturated heterocycles. The number of halogens is 1. The van der Waals surface area contributed by atoms with Gasteiger partial charge >= 0.3 is 6.03 Å². The first-order valence-electron chi connectivity index (χ1n) is 5.95. The highest BCUT2D eigenvalue weighted by molar-refractivity contribution is 6.33. The number of aliphatic hydroxyl groups is 1. The van der Waals surface area contributed by atoms with Gasteiger partial charge in [0.2, 0.25) is 0 Å². The van der Waals surface area contributed by atoms with E-state index in [1.165, 1.54) is 0 Å². The van der Waals surface area contributed by atoms with Crippen LogP contribution in [0.15, 0.2) is 24.3 Å². The Morgan fingerprint density at radius 1 is 1.39 bits per heavy atom. The van der Waals surface area contributed by atoms with Crippen LogP contribution in [0.1, 0.15) is 20.3 Å². The standard InChI is InChI=1S/C13H19ClN2O2/c1-9(2)7-10(8-17)15-13(18)16-12-6-4-3-5-11(12)14/h3-6,9-10,17H,7-8H2,1-2H3,(H2,15,16,18). The quantitative estimate of drug-likeness (QED) is 0.770. The predicted molar refractivity (Wildman–Crippen MR) is 73.9 cm³/mol. The summed E-state index contributed by atoms with van der Waals surface area (Å²) in [4.78, 5) is 11.7. The van der Waals surface area contributed by atoms with Crippen molar-refractivity contribution >= 4 is 23.3 Å². The van der Waals surface area contributed by atoms with Crippen LogP contribution in [0.3, 0.4) is 0 Å². The molecular formula is C13H19ClN2O2. The second kappa shape index (κ2) is 7.24. The lowest BCUT2D eigenvalue weighted by molar-refractivity contribution is 0.214. The van der Waals surface area contributed by atoms with Crippen LogP contribution < -0.4 is 10.6 Å². The molecule has 0 aromatic heterocycles. The SMILES string of the molecule is CC(C)CC(CO)NC(=O)Nc1ccccc1Cl. The second-order valence-corrected chi connectivity index (χ2v) is 4.99. The third kappa shape index (κ3) is 4.94. The number of nitrogens with one attached hydrogen (secondary N) is 2. The summed E-state index contributed by atoms with van der Waals surface area (Å²) >= 11 is 5.93. The van der Waals surface area contributed by atoms with Crippen molar-refractivity contribution in [2.24, 2.45) is 5.92 Å². The number of anilines is 1. The summed E-state index contributed by atoms with van der Waals surface area (Å²) in [7, 11) is 0. The molecule has 3 N–H and O–H groups in total. The van der Waals surface area contributed by atoms with E-state index in [1.807, 2.05) is 13.8 Å². The van der Waals surface area contributed by atoms with Gasteiger partial charge in [0.15, 0.2) is 0 Å². The summed E-state index contributed by atoms with van der Waals surface area (Å²) in [5, 5.41) is 15.0. The third-order valence-corrected chi connectivity index (χ3v) is 2.76. The summed E-state index contributed by atoms with van der Waals surface area (Å²) in [5.74, 6) is 0.405. The first-order chi connectivity index (χ1) is 8.52. The molecule has 4 nitrogen and oxygen atoms in total. The Labute approximate surface area is 112 Å². The van der Waals surface area contributed by atoms with Gasteiger partial charge in [-0.25, -0.2) is 4.79 Å². The Balaban J connectivity index is 2.53. The number of para-hydroxylation sites is 1. The minimum atomic E-state index is -0.359. The number of carbonyl (C=O) groups excluding carboxylic acids is 1. The topological polar surface area (TPSA) is 61.4 Å². The van der Waals surface area contributed by atoms with E-state index in [1.54, 1.807) is 24.3 Å². The molecule has 1 rings (SSSR count). The molecule has 1 aromatic rings. The number of benzene rings is 1. The number of aliphatic hydroxyl groups excluding tert-OH is 1. The fourth-order valence-electron chi connectivity index (χ4n) is 1.65. The highest BCUT2D eigenvalue weighted by atomic mass is 35.5. The van der Waals surface area contributed by atoms with E-state index in [2.05, 4.69) is 10.6 Å². The van der Waals surface area contributed by atoms with Crippen molar-refractivity contribution in [2.75, 3.05) is 11.9 Å². The van der Waals surface area contributed by atoms with Gasteiger partial charge in [0, 0.05) is 0 Å². The first kappa shape index (κ1) is 14.8. The fraction of sp³-hybridized carbons (Fsp3) is 0.462. The lowest BCUT2D eigenvalue weighted by atomic mass is 10.0. The van der Waals surface area contributed by atoms with E-state index in [4.69, 9.17) is 11.6 Å². The minimum Gasteiger partial charge on any atom is -0.394 e. The smallest absolute Gasteiger partial charge is 0.319 e. The molecule has 0 aliphatic rings. The largest absolute Gasteiger partial charge is 0.394 e.